The molecule has 2 aromatic carbocycles. The summed E-state index contributed by atoms with van der Waals surface area (Å²) in [4.78, 5) is 0. The maximum Gasteiger partial charge on any atom is 0.226 e. The lowest BCUT2D eigenvalue weighted by molar-refractivity contribution is -0.358. The molecule has 27 heavy (non-hydrogen) atoms. The van der Waals surface area contributed by atoms with Gasteiger partial charge in [0.1, 0.15) is 30.2 Å². The minimum Gasteiger partial charge on any atom is -0.507 e. The van der Waals surface area contributed by atoms with Crippen molar-refractivity contribution in [2.45, 2.75) is 36.6 Å². The van der Waals surface area contributed by atoms with E-state index in [4.69, 9.17) is 16.3 Å². The van der Waals surface area contributed by atoms with Crippen LogP contribution in [0, 0.1) is 0 Å². The molecule has 0 aromatic heterocycles. The van der Waals surface area contributed by atoms with Gasteiger partial charge in [0.05, 0.1) is 12.2 Å². The monoisotopic (exact) mass is 396 g/mol. The van der Waals surface area contributed by atoms with Gasteiger partial charge >= 0.3 is 0 Å². The fraction of sp³-hybridized carbons (Fsp3) is 0.368. The van der Waals surface area contributed by atoms with Crippen molar-refractivity contribution in [3.8, 4) is 5.75 Å². The molecule has 8 heteroatoms. The highest BCUT2D eigenvalue weighted by Gasteiger charge is 2.54. The van der Waals surface area contributed by atoms with Crippen molar-refractivity contribution in [1.29, 1.82) is 0 Å². The number of halogens is 1. The van der Waals surface area contributed by atoms with Gasteiger partial charge in [-0.2, -0.15) is 0 Å². The van der Waals surface area contributed by atoms with Gasteiger partial charge < -0.3 is 35.4 Å². The SMILES string of the molecule is OC[C@H]1O[C@@](O)(c2cc(Cc3ccc(Cl)cc3)ccc2O)[C@H](O)[C@@H](O)[C@@H]1O. The molecule has 1 heterocycles. The number of rotatable bonds is 4. The molecule has 0 aliphatic carbocycles. The topological polar surface area (TPSA) is 131 Å². The van der Waals surface area contributed by atoms with Crippen molar-refractivity contribution in [1.82, 2.24) is 0 Å². The molecule has 1 saturated heterocycles. The summed E-state index contributed by atoms with van der Waals surface area (Å²) in [7, 11) is 0. The number of phenolic OH excluding ortho intramolecular Hbond substituents is 1. The Morgan fingerprint density at radius 1 is 0.963 bits per heavy atom. The molecule has 0 bridgehead atoms. The second-order valence-electron chi connectivity index (χ2n) is 6.62. The first-order valence-electron chi connectivity index (χ1n) is 8.38. The Bertz CT molecular complexity index is 795. The largest absolute Gasteiger partial charge is 0.507 e. The Kier molecular flexibility index (Phi) is 5.73. The molecule has 6 N–H and O–H groups in total. The normalized spacial score (nSPS) is 31.0. The minimum atomic E-state index is -2.51. The van der Waals surface area contributed by atoms with Crippen molar-refractivity contribution in [2.75, 3.05) is 6.61 Å². The van der Waals surface area contributed by atoms with Gasteiger partial charge in [0.15, 0.2) is 0 Å². The molecule has 0 radical (unpaired) electrons. The lowest BCUT2D eigenvalue weighted by Crippen LogP contribution is -2.63. The number of aliphatic hydroxyl groups is 5. The van der Waals surface area contributed by atoms with Crippen molar-refractivity contribution in [2.24, 2.45) is 0 Å². The Morgan fingerprint density at radius 3 is 2.22 bits per heavy atom. The molecule has 0 amide bonds. The summed E-state index contributed by atoms with van der Waals surface area (Å²) in [5, 5.41) is 61.2. The highest BCUT2D eigenvalue weighted by molar-refractivity contribution is 6.30. The van der Waals surface area contributed by atoms with Gasteiger partial charge in [-0.25, -0.2) is 0 Å². The van der Waals surface area contributed by atoms with Crippen LogP contribution in [0.1, 0.15) is 16.7 Å². The number of phenols is 1. The Morgan fingerprint density at radius 2 is 1.59 bits per heavy atom. The van der Waals surface area contributed by atoms with Crippen LogP contribution in [-0.2, 0) is 16.9 Å². The molecule has 0 unspecified atom stereocenters. The number of aromatic hydroxyl groups is 1. The second kappa shape index (κ2) is 7.73. The zero-order valence-electron chi connectivity index (χ0n) is 14.2. The first kappa shape index (κ1) is 20.0. The fourth-order valence-corrected chi connectivity index (χ4v) is 3.32. The van der Waals surface area contributed by atoms with Gasteiger partial charge in [-0.3, -0.25) is 0 Å². The van der Waals surface area contributed by atoms with E-state index in [-0.39, 0.29) is 11.3 Å². The van der Waals surface area contributed by atoms with Gasteiger partial charge in [0.25, 0.3) is 0 Å². The molecule has 1 fully saturated rings. The molecule has 3 rings (SSSR count). The van der Waals surface area contributed by atoms with Crippen LogP contribution in [0.4, 0.5) is 0 Å². The van der Waals surface area contributed by atoms with Crippen LogP contribution < -0.4 is 0 Å². The van der Waals surface area contributed by atoms with E-state index in [2.05, 4.69) is 0 Å². The average molecular weight is 397 g/mol. The zero-order chi connectivity index (χ0) is 19.8. The lowest BCUT2D eigenvalue weighted by Gasteiger charge is -2.45. The smallest absolute Gasteiger partial charge is 0.226 e. The van der Waals surface area contributed by atoms with Crippen molar-refractivity contribution in [3.05, 3.63) is 64.2 Å². The Hall–Kier alpha value is -1.71. The summed E-state index contributed by atoms with van der Waals surface area (Å²) in [6.07, 6.45) is -6.20. The molecule has 0 saturated carbocycles. The first-order valence-corrected chi connectivity index (χ1v) is 8.76. The quantitative estimate of drug-likeness (QED) is 0.437. The van der Waals surface area contributed by atoms with Crippen molar-refractivity contribution >= 4 is 11.6 Å². The van der Waals surface area contributed by atoms with Gasteiger partial charge in [0.2, 0.25) is 5.79 Å². The average Bonchev–Trinajstić information content (AvgIpc) is 2.66. The third kappa shape index (κ3) is 3.81. The van der Waals surface area contributed by atoms with E-state index < -0.39 is 36.8 Å². The van der Waals surface area contributed by atoms with Crippen LogP contribution in [0.5, 0.6) is 5.75 Å². The molecule has 7 nitrogen and oxygen atoms in total. The zero-order valence-corrected chi connectivity index (χ0v) is 15.0. The van der Waals surface area contributed by atoms with Crippen molar-refractivity contribution in [3.63, 3.8) is 0 Å². The summed E-state index contributed by atoms with van der Waals surface area (Å²) in [5.74, 6) is -2.87. The van der Waals surface area contributed by atoms with Gasteiger partial charge in [-0.1, -0.05) is 29.8 Å². The maximum absolute atomic E-state index is 10.9. The lowest BCUT2D eigenvalue weighted by atomic mass is 9.86. The van der Waals surface area contributed by atoms with Crippen LogP contribution in [0.25, 0.3) is 0 Å². The predicted molar refractivity (Wildman–Crippen MR) is 96.2 cm³/mol. The van der Waals surface area contributed by atoms with Crippen LogP contribution in [0.3, 0.4) is 0 Å². The summed E-state index contributed by atoms with van der Waals surface area (Å²) >= 11 is 5.87. The number of hydrogen-bond acceptors (Lipinski definition) is 7. The summed E-state index contributed by atoms with van der Waals surface area (Å²) in [5.41, 5.74) is 1.44. The summed E-state index contributed by atoms with van der Waals surface area (Å²) in [6, 6.07) is 11.5. The molecule has 1 aliphatic heterocycles. The van der Waals surface area contributed by atoms with Crippen LogP contribution in [-0.4, -0.2) is 61.7 Å². The number of hydrogen-bond donors (Lipinski definition) is 6. The van der Waals surface area contributed by atoms with Crippen LogP contribution in [0.2, 0.25) is 5.02 Å². The Balaban J connectivity index is 1.96. The minimum absolute atomic E-state index is 0.175. The van der Waals surface area contributed by atoms with E-state index in [1.165, 1.54) is 12.1 Å². The maximum atomic E-state index is 10.9. The first-order chi connectivity index (χ1) is 12.8. The van der Waals surface area contributed by atoms with Gasteiger partial charge in [-0.05, 0) is 41.8 Å². The van der Waals surface area contributed by atoms with E-state index in [0.29, 0.717) is 17.0 Å². The molecular weight excluding hydrogens is 376 g/mol. The van der Waals surface area contributed by atoms with Gasteiger partial charge in [0, 0.05) is 5.02 Å². The van der Waals surface area contributed by atoms with E-state index in [0.717, 1.165) is 5.56 Å². The molecule has 146 valence electrons. The molecule has 5 atom stereocenters. The highest BCUT2D eigenvalue weighted by atomic mass is 35.5. The molecule has 0 spiro atoms. The molecule has 2 aromatic rings. The van der Waals surface area contributed by atoms with E-state index >= 15 is 0 Å². The number of aliphatic hydroxyl groups excluding tert-OH is 4. The Labute approximate surface area is 160 Å². The van der Waals surface area contributed by atoms with Crippen LogP contribution in [0.15, 0.2) is 42.5 Å². The standard InChI is InChI=1S/C19H21ClO7/c20-12-4-1-10(2-5-12)7-11-3-6-14(22)13(8-11)19(26)18(25)17(24)16(23)15(9-21)27-19/h1-6,8,15-18,21-26H,7,9H2/t15-,16-,17+,18-,19+/m1/s1. The van der Waals surface area contributed by atoms with Gasteiger partial charge in [-0.15, -0.1) is 0 Å². The highest BCUT2D eigenvalue weighted by Crippen LogP contribution is 2.40. The molecule has 1 aliphatic rings. The van der Waals surface area contributed by atoms with E-state index in [1.54, 1.807) is 18.2 Å². The third-order valence-corrected chi connectivity index (χ3v) is 4.99. The number of ether oxygens (including phenoxy) is 1. The molecular formula is C19H21ClO7. The number of benzene rings is 2. The fourth-order valence-electron chi connectivity index (χ4n) is 3.19. The second-order valence-corrected chi connectivity index (χ2v) is 7.05. The summed E-state index contributed by atoms with van der Waals surface area (Å²) in [6.45, 7) is -0.696. The summed E-state index contributed by atoms with van der Waals surface area (Å²) < 4.78 is 5.27. The predicted octanol–water partition coefficient (Wildman–Crippen LogP) is 0.255. The van der Waals surface area contributed by atoms with Crippen LogP contribution >= 0.6 is 11.6 Å². The van der Waals surface area contributed by atoms with E-state index in [1.807, 2.05) is 12.1 Å². The van der Waals surface area contributed by atoms with Crippen molar-refractivity contribution < 1.29 is 35.4 Å². The van der Waals surface area contributed by atoms with E-state index in [9.17, 15) is 30.6 Å². The third-order valence-electron chi connectivity index (χ3n) is 4.73.